The van der Waals surface area contributed by atoms with Gasteiger partial charge in [0.25, 0.3) is 0 Å². The van der Waals surface area contributed by atoms with E-state index in [0.717, 1.165) is 66.9 Å². The molecule has 0 N–H and O–H groups in total. The van der Waals surface area contributed by atoms with Crippen molar-refractivity contribution in [3.05, 3.63) is 183 Å². The van der Waals surface area contributed by atoms with E-state index >= 15 is 0 Å². The Labute approximate surface area is 300 Å². The van der Waals surface area contributed by atoms with E-state index in [1.165, 1.54) is 32.3 Å². The fourth-order valence-corrected chi connectivity index (χ4v) is 7.48. The molecule has 0 aliphatic rings. The Balaban J connectivity index is 1.05. The van der Waals surface area contributed by atoms with E-state index in [9.17, 15) is 0 Å². The Morgan fingerprint density at radius 2 is 0.769 bits per heavy atom. The Hall–Kier alpha value is -7.04. The van der Waals surface area contributed by atoms with Gasteiger partial charge in [-0.2, -0.15) is 0 Å². The molecule has 0 unspecified atom stereocenters. The highest BCUT2D eigenvalue weighted by Crippen LogP contribution is 2.39. The molecule has 0 aliphatic heterocycles. The van der Waals surface area contributed by atoms with Gasteiger partial charge in [0.05, 0.1) is 22.8 Å². The van der Waals surface area contributed by atoms with Crippen LogP contribution in [0.4, 0.5) is 0 Å². The van der Waals surface area contributed by atoms with Crippen LogP contribution in [0.1, 0.15) is 0 Å². The SMILES string of the molecule is c1ccc(-c2cc3c(cn2)c(-c2ccc(-c4cccc(-c5cc6ccccc6c6cc(-c7ccccn7)ncc56)c4)cc2)cc2ccccc23)nc1. The monoisotopic (exact) mass is 662 g/mol. The molecule has 0 radical (unpaired) electrons. The number of aromatic nitrogens is 4. The van der Waals surface area contributed by atoms with Crippen LogP contribution in [0, 0.1) is 0 Å². The van der Waals surface area contributed by atoms with Crippen molar-refractivity contribution in [2.75, 3.05) is 0 Å². The number of fused-ring (bicyclic) bond motifs is 6. The molecule has 4 nitrogen and oxygen atoms in total. The molecule has 52 heavy (non-hydrogen) atoms. The first-order valence-electron chi connectivity index (χ1n) is 17.4. The predicted octanol–water partition coefficient (Wildman–Crippen LogP) is 12.2. The molecule has 0 saturated heterocycles. The molecule has 0 fully saturated rings. The standard InChI is InChI=1S/C48H30N4/c1-3-14-37-35(10-1)25-39(43-29-51-47(27-41(37)43)45-16-5-7-22-49-45)32-20-18-31(19-21-32)33-12-9-13-34(24-33)40-26-36-11-2-4-15-38(36)42-28-48(52-30-44(40)42)46-17-6-8-23-50-46/h1-30H. The molecule has 0 spiro atoms. The Morgan fingerprint density at radius 3 is 1.33 bits per heavy atom. The third-order valence-corrected chi connectivity index (χ3v) is 10.0. The van der Waals surface area contributed by atoms with Gasteiger partial charge in [0, 0.05) is 35.6 Å². The summed E-state index contributed by atoms with van der Waals surface area (Å²) >= 11 is 0. The van der Waals surface area contributed by atoms with Crippen LogP contribution in [0.2, 0.25) is 0 Å². The van der Waals surface area contributed by atoms with E-state index < -0.39 is 0 Å². The van der Waals surface area contributed by atoms with Crippen molar-refractivity contribution in [3.8, 4) is 56.2 Å². The zero-order valence-electron chi connectivity index (χ0n) is 28.1. The summed E-state index contributed by atoms with van der Waals surface area (Å²) in [6, 6.07) is 55.7. The van der Waals surface area contributed by atoms with Crippen LogP contribution in [0.15, 0.2) is 183 Å². The van der Waals surface area contributed by atoms with Crippen molar-refractivity contribution in [1.29, 1.82) is 0 Å². The number of pyridine rings is 4. The molecule has 6 aromatic carbocycles. The van der Waals surface area contributed by atoms with Gasteiger partial charge in [-0.3, -0.25) is 19.9 Å². The number of nitrogens with zero attached hydrogens (tertiary/aromatic N) is 4. The molecule has 4 heterocycles. The Kier molecular flexibility index (Phi) is 7.10. The smallest absolute Gasteiger partial charge is 0.0892 e. The van der Waals surface area contributed by atoms with Crippen molar-refractivity contribution in [2.24, 2.45) is 0 Å². The van der Waals surface area contributed by atoms with E-state index in [0.29, 0.717) is 0 Å². The van der Waals surface area contributed by atoms with Crippen LogP contribution in [-0.4, -0.2) is 19.9 Å². The highest BCUT2D eigenvalue weighted by atomic mass is 14.8. The molecule has 4 heteroatoms. The summed E-state index contributed by atoms with van der Waals surface area (Å²) in [7, 11) is 0. The molecule has 4 aromatic heterocycles. The molecule has 10 aromatic rings. The van der Waals surface area contributed by atoms with Crippen molar-refractivity contribution >= 4 is 43.1 Å². The van der Waals surface area contributed by atoms with Gasteiger partial charge in [0.15, 0.2) is 0 Å². The van der Waals surface area contributed by atoms with Crippen molar-refractivity contribution < 1.29 is 0 Å². The second-order valence-electron chi connectivity index (χ2n) is 13.1. The van der Waals surface area contributed by atoms with E-state index in [4.69, 9.17) is 9.97 Å². The summed E-state index contributed by atoms with van der Waals surface area (Å²) in [5.41, 5.74) is 10.4. The van der Waals surface area contributed by atoms with E-state index in [-0.39, 0.29) is 0 Å². The van der Waals surface area contributed by atoms with Gasteiger partial charge in [-0.1, -0.05) is 103 Å². The Bertz CT molecular complexity index is 2940. The zero-order valence-corrected chi connectivity index (χ0v) is 28.1. The number of hydrogen-bond acceptors (Lipinski definition) is 4. The zero-order chi connectivity index (χ0) is 34.4. The normalized spacial score (nSPS) is 11.5. The molecule has 0 amide bonds. The minimum absolute atomic E-state index is 0.867. The lowest BCUT2D eigenvalue weighted by atomic mass is 9.91. The number of hydrogen-bond donors (Lipinski definition) is 0. The third kappa shape index (κ3) is 5.17. The van der Waals surface area contributed by atoms with Gasteiger partial charge < -0.3 is 0 Å². The Morgan fingerprint density at radius 1 is 0.269 bits per heavy atom. The summed E-state index contributed by atoms with van der Waals surface area (Å²) in [6.45, 7) is 0. The molecule has 0 saturated carbocycles. The first kappa shape index (κ1) is 29.8. The molecule has 0 aliphatic carbocycles. The second kappa shape index (κ2) is 12.4. The minimum Gasteiger partial charge on any atom is -0.255 e. The number of benzene rings is 6. The summed E-state index contributed by atoms with van der Waals surface area (Å²) in [5.74, 6) is 0. The first-order valence-corrected chi connectivity index (χ1v) is 17.4. The molecule has 0 bridgehead atoms. The van der Waals surface area contributed by atoms with Crippen LogP contribution in [0.3, 0.4) is 0 Å². The van der Waals surface area contributed by atoms with Gasteiger partial charge >= 0.3 is 0 Å². The average molecular weight is 663 g/mol. The maximum Gasteiger partial charge on any atom is 0.0892 e. The maximum atomic E-state index is 4.88. The van der Waals surface area contributed by atoms with E-state index in [1.807, 2.05) is 61.2 Å². The van der Waals surface area contributed by atoms with E-state index in [1.54, 1.807) is 0 Å². The summed E-state index contributed by atoms with van der Waals surface area (Å²) < 4.78 is 0. The van der Waals surface area contributed by atoms with Crippen LogP contribution in [0.5, 0.6) is 0 Å². The summed E-state index contributed by atoms with van der Waals surface area (Å²) in [6.07, 6.45) is 7.63. The highest BCUT2D eigenvalue weighted by Gasteiger charge is 2.14. The number of rotatable bonds is 5. The van der Waals surface area contributed by atoms with Crippen LogP contribution < -0.4 is 0 Å². The largest absolute Gasteiger partial charge is 0.255 e. The lowest BCUT2D eigenvalue weighted by Gasteiger charge is -2.14. The van der Waals surface area contributed by atoms with Crippen molar-refractivity contribution in [2.45, 2.75) is 0 Å². The molecular weight excluding hydrogens is 633 g/mol. The predicted molar refractivity (Wildman–Crippen MR) is 215 cm³/mol. The van der Waals surface area contributed by atoms with Crippen molar-refractivity contribution in [1.82, 2.24) is 19.9 Å². The fourth-order valence-electron chi connectivity index (χ4n) is 7.48. The minimum atomic E-state index is 0.867. The fraction of sp³-hybridized carbons (Fsp3) is 0. The second-order valence-corrected chi connectivity index (χ2v) is 13.1. The van der Waals surface area contributed by atoms with Crippen LogP contribution in [-0.2, 0) is 0 Å². The van der Waals surface area contributed by atoms with Crippen LogP contribution >= 0.6 is 0 Å². The lowest BCUT2D eigenvalue weighted by molar-refractivity contribution is 1.26. The third-order valence-electron chi connectivity index (χ3n) is 10.0. The van der Waals surface area contributed by atoms with Gasteiger partial charge in [-0.25, -0.2) is 0 Å². The van der Waals surface area contributed by atoms with Gasteiger partial charge in [0.1, 0.15) is 0 Å². The van der Waals surface area contributed by atoms with Crippen LogP contribution in [0.25, 0.3) is 99.2 Å². The van der Waals surface area contributed by atoms with Crippen molar-refractivity contribution in [3.63, 3.8) is 0 Å². The first-order chi connectivity index (χ1) is 25.8. The van der Waals surface area contributed by atoms with Gasteiger partial charge in [-0.15, -0.1) is 0 Å². The summed E-state index contributed by atoms with van der Waals surface area (Å²) in [4.78, 5) is 18.9. The molecule has 0 atom stereocenters. The van der Waals surface area contributed by atoms with E-state index in [2.05, 4.69) is 131 Å². The quantitative estimate of drug-likeness (QED) is 0.172. The summed E-state index contributed by atoms with van der Waals surface area (Å²) in [5, 5.41) is 9.39. The molecule has 242 valence electrons. The lowest BCUT2D eigenvalue weighted by Crippen LogP contribution is -1.91. The highest BCUT2D eigenvalue weighted by molar-refractivity contribution is 6.15. The van der Waals surface area contributed by atoms with Gasteiger partial charge in [0.2, 0.25) is 0 Å². The van der Waals surface area contributed by atoms with Gasteiger partial charge in [-0.05, 0) is 120 Å². The molecule has 10 rings (SSSR count). The molecular formula is C48H30N4. The topological polar surface area (TPSA) is 51.6 Å². The maximum absolute atomic E-state index is 4.88. The average Bonchev–Trinajstić information content (AvgIpc) is 3.23.